The molecule has 1 heterocycles. The molecule has 23 heavy (non-hydrogen) atoms. The molecule has 0 unspecified atom stereocenters. The minimum Gasteiger partial charge on any atom is -0.287 e. The first kappa shape index (κ1) is 14.1. The summed E-state index contributed by atoms with van der Waals surface area (Å²) in [7, 11) is 0. The summed E-state index contributed by atoms with van der Waals surface area (Å²) < 4.78 is 0.998. The highest BCUT2D eigenvalue weighted by atomic mass is 79.9. The number of carbonyl (C=O) groups is 1. The van der Waals surface area contributed by atoms with E-state index in [9.17, 15) is 4.79 Å². The van der Waals surface area contributed by atoms with Gasteiger partial charge in [0, 0.05) is 16.2 Å². The molecule has 0 spiro atoms. The molecule has 0 bridgehead atoms. The standard InChI is InChI=1S/C20H12BrNO/c21-14-8-9-16-17(12-14)15-6-2-1-5-13(15)11-18(16)20(23)19-7-3-4-10-22-19/h1-12H. The SMILES string of the molecule is O=C(c1ccccn1)c1cc2ccccc2c2cc(Br)ccc12. The third-order valence-corrected chi connectivity index (χ3v) is 4.46. The molecule has 3 heteroatoms. The molecule has 0 aliphatic carbocycles. The van der Waals surface area contributed by atoms with Crippen molar-refractivity contribution in [1.82, 2.24) is 4.98 Å². The molecule has 4 rings (SSSR count). The van der Waals surface area contributed by atoms with Crippen molar-refractivity contribution in [3.8, 4) is 0 Å². The second kappa shape index (κ2) is 5.60. The smallest absolute Gasteiger partial charge is 0.211 e. The van der Waals surface area contributed by atoms with Crippen LogP contribution in [-0.2, 0) is 0 Å². The van der Waals surface area contributed by atoms with E-state index in [0.29, 0.717) is 11.3 Å². The number of carbonyl (C=O) groups excluding carboxylic acids is 1. The highest BCUT2D eigenvalue weighted by Crippen LogP contribution is 2.31. The van der Waals surface area contributed by atoms with E-state index in [1.54, 1.807) is 12.3 Å². The molecule has 2 nitrogen and oxygen atoms in total. The van der Waals surface area contributed by atoms with Crippen LogP contribution in [0.3, 0.4) is 0 Å². The van der Waals surface area contributed by atoms with Gasteiger partial charge in [-0.25, -0.2) is 0 Å². The fraction of sp³-hybridized carbons (Fsp3) is 0. The summed E-state index contributed by atoms with van der Waals surface area (Å²) in [6.45, 7) is 0. The molecule has 0 saturated heterocycles. The van der Waals surface area contributed by atoms with E-state index in [0.717, 1.165) is 26.0 Å². The van der Waals surface area contributed by atoms with Gasteiger partial charge in [-0.1, -0.05) is 52.3 Å². The van der Waals surface area contributed by atoms with Crippen LogP contribution >= 0.6 is 15.9 Å². The Bertz CT molecular complexity index is 1040. The van der Waals surface area contributed by atoms with Gasteiger partial charge in [-0.3, -0.25) is 9.78 Å². The normalized spacial score (nSPS) is 11.0. The average molecular weight is 362 g/mol. The second-order valence-corrected chi connectivity index (χ2v) is 6.29. The molecular formula is C20H12BrNO. The number of rotatable bonds is 2. The second-order valence-electron chi connectivity index (χ2n) is 5.38. The highest BCUT2D eigenvalue weighted by molar-refractivity contribution is 9.10. The van der Waals surface area contributed by atoms with E-state index in [4.69, 9.17) is 0 Å². The molecule has 110 valence electrons. The van der Waals surface area contributed by atoms with Gasteiger partial charge < -0.3 is 0 Å². The third kappa shape index (κ3) is 2.43. The van der Waals surface area contributed by atoms with E-state index >= 15 is 0 Å². The molecule has 0 saturated carbocycles. The van der Waals surface area contributed by atoms with Crippen LogP contribution in [0.1, 0.15) is 16.1 Å². The predicted molar refractivity (Wildman–Crippen MR) is 96.8 cm³/mol. The van der Waals surface area contributed by atoms with E-state index in [1.807, 2.05) is 48.5 Å². The lowest BCUT2D eigenvalue weighted by Gasteiger charge is -2.10. The summed E-state index contributed by atoms with van der Waals surface area (Å²) >= 11 is 3.53. The molecule has 0 fully saturated rings. The summed E-state index contributed by atoms with van der Waals surface area (Å²) in [5.74, 6) is -0.0522. The number of fused-ring (bicyclic) bond motifs is 3. The first-order chi connectivity index (χ1) is 11.2. The van der Waals surface area contributed by atoms with Gasteiger partial charge in [0.25, 0.3) is 0 Å². The van der Waals surface area contributed by atoms with Gasteiger partial charge in [-0.05, 0) is 51.9 Å². The van der Waals surface area contributed by atoms with Gasteiger partial charge in [-0.15, -0.1) is 0 Å². The zero-order valence-electron chi connectivity index (χ0n) is 12.2. The zero-order valence-corrected chi connectivity index (χ0v) is 13.7. The maximum Gasteiger partial charge on any atom is 0.211 e. The van der Waals surface area contributed by atoms with E-state index < -0.39 is 0 Å². The van der Waals surface area contributed by atoms with Crippen molar-refractivity contribution in [3.05, 3.63) is 88.7 Å². The number of hydrogen-bond donors (Lipinski definition) is 0. The maximum atomic E-state index is 12.9. The number of halogens is 1. The maximum absolute atomic E-state index is 12.9. The molecule has 1 aromatic heterocycles. The largest absolute Gasteiger partial charge is 0.287 e. The Morgan fingerprint density at radius 2 is 1.65 bits per heavy atom. The van der Waals surface area contributed by atoms with Crippen molar-refractivity contribution in [3.63, 3.8) is 0 Å². The van der Waals surface area contributed by atoms with Gasteiger partial charge in [0.05, 0.1) is 0 Å². The molecule has 0 aliphatic heterocycles. The summed E-state index contributed by atoms with van der Waals surface area (Å²) in [6.07, 6.45) is 1.65. The number of nitrogens with zero attached hydrogens (tertiary/aromatic N) is 1. The lowest BCUT2D eigenvalue weighted by atomic mass is 9.94. The van der Waals surface area contributed by atoms with Crippen molar-refractivity contribution in [2.75, 3.05) is 0 Å². The Hall–Kier alpha value is -2.52. The van der Waals surface area contributed by atoms with Crippen molar-refractivity contribution in [2.24, 2.45) is 0 Å². The molecule has 0 N–H and O–H groups in total. The van der Waals surface area contributed by atoms with Crippen molar-refractivity contribution >= 4 is 43.3 Å². The summed E-state index contributed by atoms with van der Waals surface area (Å²) in [5.41, 5.74) is 1.15. The van der Waals surface area contributed by atoms with Crippen LogP contribution in [0.5, 0.6) is 0 Å². The highest BCUT2D eigenvalue weighted by Gasteiger charge is 2.15. The van der Waals surface area contributed by atoms with Crippen molar-refractivity contribution in [2.45, 2.75) is 0 Å². The summed E-state index contributed by atoms with van der Waals surface area (Å²) in [4.78, 5) is 17.1. The number of ketones is 1. The van der Waals surface area contributed by atoms with Crippen LogP contribution < -0.4 is 0 Å². The Kier molecular flexibility index (Phi) is 3.43. The molecule has 0 atom stereocenters. The minimum atomic E-state index is -0.0522. The van der Waals surface area contributed by atoms with Crippen LogP contribution in [-0.4, -0.2) is 10.8 Å². The third-order valence-electron chi connectivity index (χ3n) is 3.96. The Labute approximate surface area is 141 Å². The van der Waals surface area contributed by atoms with E-state index in [2.05, 4.69) is 33.0 Å². The molecule has 0 radical (unpaired) electrons. The average Bonchev–Trinajstić information content (AvgIpc) is 2.61. The lowest BCUT2D eigenvalue weighted by molar-refractivity contribution is 0.103. The van der Waals surface area contributed by atoms with Gasteiger partial charge in [0.1, 0.15) is 5.69 Å². The van der Waals surface area contributed by atoms with Gasteiger partial charge in [0.2, 0.25) is 5.78 Å². The number of hydrogen-bond acceptors (Lipinski definition) is 2. The topological polar surface area (TPSA) is 30.0 Å². The van der Waals surface area contributed by atoms with Crippen molar-refractivity contribution < 1.29 is 4.79 Å². The first-order valence-corrected chi connectivity index (χ1v) is 8.10. The number of pyridine rings is 1. The van der Waals surface area contributed by atoms with Crippen LogP contribution in [0.15, 0.2) is 77.4 Å². The van der Waals surface area contributed by atoms with E-state index in [1.165, 1.54) is 0 Å². The van der Waals surface area contributed by atoms with Crippen LogP contribution in [0.4, 0.5) is 0 Å². The number of benzene rings is 3. The molecule has 0 aliphatic rings. The summed E-state index contributed by atoms with van der Waals surface area (Å²) in [6, 6.07) is 21.5. The Morgan fingerprint density at radius 1 is 0.826 bits per heavy atom. The fourth-order valence-electron chi connectivity index (χ4n) is 2.90. The quantitative estimate of drug-likeness (QED) is 0.354. The first-order valence-electron chi connectivity index (χ1n) is 7.31. The Morgan fingerprint density at radius 3 is 2.48 bits per heavy atom. The van der Waals surface area contributed by atoms with Crippen molar-refractivity contribution in [1.29, 1.82) is 0 Å². The monoisotopic (exact) mass is 361 g/mol. The predicted octanol–water partition coefficient (Wildman–Crippen LogP) is 5.38. The van der Waals surface area contributed by atoms with E-state index in [-0.39, 0.29) is 5.78 Å². The number of aromatic nitrogens is 1. The zero-order chi connectivity index (χ0) is 15.8. The molecular weight excluding hydrogens is 350 g/mol. The molecule has 3 aromatic carbocycles. The molecule has 4 aromatic rings. The van der Waals surface area contributed by atoms with Crippen LogP contribution in [0, 0.1) is 0 Å². The minimum absolute atomic E-state index is 0.0522. The van der Waals surface area contributed by atoms with Gasteiger partial charge in [-0.2, -0.15) is 0 Å². The van der Waals surface area contributed by atoms with Gasteiger partial charge in [0.15, 0.2) is 0 Å². The Balaban J connectivity index is 2.07. The summed E-state index contributed by atoms with van der Waals surface area (Å²) in [5, 5.41) is 4.21. The van der Waals surface area contributed by atoms with Crippen LogP contribution in [0.2, 0.25) is 0 Å². The lowest BCUT2D eigenvalue weighted by Crippen LogP contribution is -2.04. The van der Waals surface area contributed by atoms with Crippen LogP contribution in [0.25, 0.3) is 21.5 Å². The van der Waals surface area contributed by atoms with Gasteiger partial charge >= 0.3 is 0 Å². The molecule has 0 amide bonds. The fourth-order valence-corrected chi connectivity index (χ4v) is 3.26.